The van der Waals surface area contributed by atoms with Gasteiger partial charge in [0.15, 0.2) is 0 Å². The van der Waals surface area contributed by atoms with Crippen molar-refractivity contribution in [1.29, 1.82) is 0 Å². The fourth-order valence-electron chi connectivity index (χ4n) is 3.41. The largest absolute Gasteiger partial charge is 0.496 e. The minimum absolute atomic E-state index is 0.146. The van der Waals surface area contributed by atoms with Crippen LogP contribution < -0.4 is 15.4 Å². The number of hydrogen-bond acceptors (Lipinski definition) is 2. The molecule has 4 nitrogen and oxygen atoms in total. The fraction of sp³-hybridized carbons (Fsp3) is 0.350. The Morgan fingerprint density at radius 1 is 1.16 bits per heavy atom. The monoisotopic (exact) mass is 342 g/mol. The number of hydrogen-bond donors (Lipinski definition) is 2. The number of benzene rings is 2. The van der Waals surface area contributed by atoms with E-state index < -0.39 is 0 Å². The van der Waals surface area contributed by atoms with Gasteiger partial charge in [0.2, 0.25) is 0 Å². The molecule has 3 rings (SSSR count). The summed E-state index contributed by atoms with van der Waals surface area (Å²) in [6.07, 6.45) is 2.82. The summed E-state index contributed by atoms with van der Waals surface area (Å²) in [5.74, 6) is 0.923. The second-order valence-electron chi connectivity index (χ2n) is 6.40. The van der Waals surface area contributed by atoms with Gasteiger partial charge in [-0.3, -0.25) is 0 Å². The molecule has 5 heteroatoms. The molecule has 2 aromatic carbocycles. The lowest BCUT2D eigenvalue weighted by Gasteiger charge is -2.15. The number of rotatable bonds is 5. The molecule has 25 heavy (non-hydrogen) atoms. The predicted molar refractivity (Wildman–Crippen MR) is 95.1 cm³/mol. The molecule has 2 amide bonds. The van der Waals surface area contributed by atoms with Crippen molar-refractivity contribution in [2.75, 3.05) is 7.11 Å². The van der Waals surface area contributed by atoms with Crippen molar-refractivity contribution in [2.24, 2.45) is 0 Å². The van der Waals surface area contributed by atoms with Crippen LogP contribution >= 0.6 is 0 Å². The van der Waals surface area contributed by atoms with E-state index in [0.29, 0.717) is 12.5 Å². The van der Waals surface area contributed by atoms with Crippen LogP contribution in [0.3, 0.4) is 0 Å². The first-order chi connectivity index (χ1) is 12.2. The van der Waals surface area contributed by atoms with Crippen LogP contribution in [-0.2, 0) is 6.54 Å². The van der Waals surface area contributed by atoms with Crippen LogP contribution in [0, 0.1) is 5.82 Å². The summed E-state index contributed by atoms with van der Waals surface area (Å²) < 4.78 is 18.3. The highest BCUT2D eigenvalue weighted by Crippen LogP contribution is 2.34. The van der Waals surface area contributed by atoms with Gasteiger partial charge in [-0.05, 0) is 48.9 Å². The topological polar surface area (TPSA) is 50.4 Å². The maximum Gasteiger partial charge on any atom is 0.315 e. The van der Waals surface area contributed by atoms with Crippen LogP contribution in [0.25, 0.3) is 0 Å². The van der Waals surface area contributed by atoms with E-state index in [4.69, 9.17) is 4.74 Å². The number of amides is 2. The van der Waals surface area contributed by atoms with E-state index in [0.717, 1.165) is 36.1 Å². The Morgan fingerprint density at radius 2 is 1.92 bits per heavy atom. The Morgan fingerprint density at radius 3 is 2.68 bits per heavy atom. The maximum absolute atomic E-state index is 13.0. The highest BCUT2D eigenvalue weighted by molar-refractivity contribution is 5.74. The molecular formula is C20H23FN2O2. The third-order valence-electron chi connectivity index (χ3n) is 4.74. The third-order valence-corrected chi connectivity index (χ3v) is 4.74. The molecule has 2 atom stereocenters. The van der Waals surface area contributed by atoms with Crippen LogP contribution in [0.5, 0.6) is 5.75 Å². The molecule has 1 fully saturated rings. The summed E-state index contributed by atoms with van der Waals surface area (Å²) in [6.45, 7) is 0.421. The smallest absolute Gasteiger partial charge is 0.315 e. The van der Waals surface area contributed by atoms with Crippen molar-refractivity contribution < 1.29 is 13.9 Å². The second-order valence-corrected chi connectivity index (χ2v) is 6.40. The molecule has 1 aliphatic carbocycles. The molecule has 1 aliphatic rings. The zero-order valence-electron chi connectivity index (χ0n) is 14.3. The standard InChI is InChI=1S/C20H23FN2O2/c1-25-19-5-3-2-4-16(19)13-22-20(24)23-18-11-8-15(12-18)14-6-9-17(21)10-7-14/h2-7,9-10,15,18H,8,11-13H2,1H3,(H2,22,23,24). The number of urea groups is 1. The molecule has 1 saturated carbocycles. The van der Waals surface area contributed by atoms with E-state index in [1.54, 1.807) is 7.11 Å². The third kappa shape index (κ3) is 4.50. The van der Waals surface area contributed by atoms with E-state index in [1.165, 1.54) is 12.1 Å². The number of nitrogens with one attached hydrogen (secondary N) is 2. The lowest BCUT2D eigenvalue weighted by Crippen LogP contribution is -2.40. The van der Waals surface area contributed by atoms with E-state index in [1.807, 2.05) is 36.4 Å². The Kier molecular flexibility index (Phi) is 5.53. The fourth-order valence-corrected chi connectivity index (χ4v) is 3.41. The highest BCUT2D eigenvalue weighted by Gasteiger charge is 2.26. The Balaban J connectivity index is 1.48. The number of halogens is 1. The van der Waals surface area contributed by atoms with Gasteiger partial charge >= 0.3 is 6.03 Å². The molecule has 2 unspecified atom stereocenters. The van der Waals surface area contributed by atoms with Crippen LogP contribution in [0.15, 0.2) is 48.5 Å². The lowest BCUT2D eigenvalue weighted by molar-refractivity contribution is 0.236. The number of para-hydroxylation sites is 1. The molecule has 132 valence electrons. The van der Waals surface area contributed by atoms with E-state index in [2.05, 4.69) is 10.6 Å². The van der Waals surface area contributed by atoms with Gasteiger partial charge in [-0.1, -0.05) is 30.3 Å². The average molecular weight is 342 g/mol. The molecule has 2 aromatic rings. The molecule has 0 heterocycles. The van der Waals surface area contributed by atoms with Crippen molar-refractivity contribution in [1.82, 2.24) is 10.6 Å². The molecule has 0 saturated heterocycles. The Hall–Kier alpha value is -2.56. The minimum Gasteiger partial charge on any atom is -0.496 e. The molecule has 0 aliphatic heterocycles. The molecule has 0 radical (unpaired) electrons. The molecule has 0 spiro atoms. The number of carbonyl (C=O) groups excluding carboxylic acids is 1. The second kappa shape index (κ2) is 8.01. The first kappa shape index (κ1) is 17.3. The summed E-state index contributed by atoms with van der Waals surface area (Å²) in [4.78, 5) is 12.1. The number of carbonyl (C=O) groups is 1. The summed E-state index contributed by atoms with van der Waals surface area (Å²) >= 11 is 0. The number of methoxy groups -OCH3 is 1. The zero-order valence-corrected chi connectivity index (χ0v) is 14.3. The molecule has 0 bridgehead atoms. The zero-order chi connectivity index (χ0) is 17.6. The maximum atomic E-state index is 13.0. The first-order valence-corrected chi connectivity index (χ1v) is 8.57. The predicted octanol–water partition coefficient (Wildman–Crippen LogP) is 3.97. The van der Waals surface area contributed by atoms with Crippen molar-refractivity contribution >= 4 is 6.03 Å². The van der Waals surface area contributed by atoms with Crippen molar-refractivity contribution in [3.05, 3.63) is 65.5 Å². The molecule has 0 aromatic heterocycles. The highest BCUT2D eigenvalue weighted by atomic mass is 19.1. The van der Waals surface area contributed by atoms with Crippen molar-refractivity contribution in [3.8, 4) is 5.75 Å². The Labute approximate surface area is 147 Å². The van der Waals surface area contributed by atoms with E-state index >= 15 is 0 Å². The van der Waals surface area contributed by atoms with Gasteiger partial charge in [-0.25, -0.2) is 9.18 Å². The van der Waals surface area contributed by atoms with Crippen LogP contribution in [0.2, 0.25) is 0 Å². The van der Waals surface area contributed by atoms with Gasteiger partial charge in [0.25, 0.3) is 0 Å². The molecule has 2 N–H and O–H groups in total. The quantitative estimate of drug-likeness (QED) is 0.864. The SMILES string of the molecule is COc1ccccc1CNC(=O)NC1CCC(c2ccc(F)cc2)C1. The van der Waals surface area contributed by atoms with Crippen molar-refractivity contribution in [2.45, 2.75) is 37.8 Å². The van der Waals surface area contributed by atoms with Gasteiger partial charge in [0, 0.05) is 18.2 Å². The first-order valence-electron chi connectivity index (χ1n) is 8.57. The van der Waals surface area contributed by atoms with Gasteiger partial charge in [0.05, 0.1) is 7.11 Å². The van der Waals surface area contributed by atoms with Gasteiger partial charge in [0.1, 0.15) is 11.6 Å². The van der Waals surface area contributed by atoms with Crippen LogP contribution in [0.4, 0.5) is 9.18 Å². The van der Waals surface area contributed by atoms with Gasteiger partial charge in [-0.15, -0.1) is 0 Å². The number of ether oxygens (including phenoxy) is 1. The lowest BCUT2D eigenvalue weighted by atomic mass is 9.97. The van der Waals surface area contributed by atoms with E-state index in [9.17, 15) is 9.18 Å². The molecular weight excluding hydrogens is 319 g/mol. The van der Waals surface area contributed by atoms with Gasteiger partial charge < -0.3 is 15.4 Å². The van der Waals surface area contributed by atoms with Crippen LogP contribution in [-0.4, -0.2) is 19.2 Å². The normalized spacial score (nSPS) is 19.4. The van der Waals surface area contributed by atoms with E-state index in [-0.39, 0.29) is 17.9 Å². The summed E-state index contributed by atoms with van der Waals surface area (Å²) in [5.41, 5.74) is 2.08. The van der Waals surface area contributed by atoms with Crippen LogP contribution in [0.1, 0.15) is 36.3 Å². The summed E-state index contributed by atoms with van der Waals surface area (Å²) in [6, 6.07) is 14.3. The summed E-state index contributed by atoms with van der Waals surface area (Å²) in [7, 11) is 1.62. The van der Waals surface area contributed by atoms with Gasteiger partial charge in [-0.2, -0.15) is 0 Å². The average Bonchev–Trinajstić information content (AvgIpc) is 3.09. The minimum atomic E-state index is -0.216. The Bertz CT molecular complexity index is 718. The summed E-state index contributed by atoms with van der Waals surface area (Å²) in [5, 5.41) is 5.92. The van der Waals surface area contributed by atoms with Crippen molar-refractivity contribution in [3.63, 3.8) is 0 Å².